The van der Waals surface area contributed by atoms with Gasteiger partial charge < -0.3 is 5.73 Å². The number of carbonyl (C=O) groups excluding carboxylic acids is 1. The van der Waals surface area contributed by atoms with Crippen LogP contribution in [0.2, 0.25) is 0 Å². The number of nitrogens with two attached hydrogens (primary N) is 1. The van der Waals surface area contributed by atoms with Crippen molar-refractivity contribution < 1.29 is 9.00 Å². The maximum Gasteiger partial charge on any atom is 0.233 e. The predicted molar refractivity (Wildman–Crippen MR) is 108 cm³/mol. The molecule has 1 saturated carbocycles. The molecule has 0 radical (unpaired) electrons. The fourth-order valence-electron chi connectivity index (χ4n) is 4.06. The molecule has 148 valence electrons. The maximum absolute atomic E-state index is 13.1. The van der Waals surface area contributed by atoms with Crippen LogP contribution in [0.4, 0.5) is 11.6 Å². The standard InChI is InChI=1S/C20H25N5O2S/c21-18-16-11-17(26)25(12-14-7-3-1-4-8-14)19(16)24-20(23-18)28(22,27)13-15-9-5-2-6-10-15/h1,3-4,7-8,15,22H,2,5-6,9-13H2,(H2,21,23,24). The van der Waals surface area contributed by atoms with Gasteiger partial charge >= 0.3 is 0 Å². The van der Waals surface area contributed by atoms with E-state index in [9.17, 15) is 9.00 Å². The van der Waals surface area contributed by atoms with Crippen molar-refractivity contribution in [3.05, 3.63) is 41.5 Å². The molecule has 2 heterocycles. The predicted octanol–water partition coefficient (Wildman–Crippen LogP) is 3.13. The summed E-state index contributed by atoms with van der Waals surface area (Å²) in [4.78, 5) is 22.7. The molecule has 3 N–H and O–H groups in total. The van der Waals surface area contributed by atoms with Gasteiger partial charge in [-0.05, 0) is 24.3 Å². The minimum atomic E-state index is -3.16. The van der Waals surface area contributed by atoms with E-state index < -0.39 is 9.73 Å². The molecule has 0 bridgehead atoms. The summed E-state index contributed by atoms with van der Waals surface area (Å²) in [5.74, 6) is 0.977. The molecule has 1 unspecified atom stereocenters. The average molecular weight is 400 g/mol. The Labute approximate surface area is 165 Å². The van der Waals surface area contributed by atoms with Gasteiger partial charge in [-0.15, -0.1) is 0 Å². The minimum Gasteiger partial charge on any atom is -0.383 e. The zero-order valence-electron chi connectivity index (χ0n) is 15.8. The number of carbonyl (C=O) groups is 1. The Kier molecular flexibility index (Phi) is 5.05. The number of amides is 1. The molecule has 1 aliphatic heterocycles. The molecule has 7 nitrogen and oxygen atoms in total. The van der Waals surface area contributed by atoms with Crippen LogP contribution < -0.4 is 10.6 Å². The third-order valence-electron chi connectivity index (χ3n) is 5.56. The van der Waals surface area contributed by atoms with Gasteiger partial charge in [-0.3, -0.25) is 9.69 Å². The molecule has 0 spiro atoms. The zero-order chi connectivity index (χ0) is 19.7. The van der Waals surface area contributed by atoms with Gasteiger partial charge in [-0.1, -0.05) is 49.6 Å². The molecule has 2 aromatic rings. The van der Waals surface area contributed by atoms with E-state index in [1.54, 1.807) is 4.90 Å². The van der Waals surface area contributed by atoms with E-state index in [4.69, 9.17) is 10.5 Å². The molecule has 1 amide bonds. The first-order valence-electron chi connectivity index (χ1n) is 9.71. The SMILES string of the molecule is N=S(=O)(CC1CCCCC1)c1nc(N)c2c(n1)N(Cc1ccccc1)C(=O)C2. The van der Waals surface area contributed by atoms with Gasteiger partial charge in [0.1, 0.15) is 21.4 Å². The van der Waals surface area contributed by atoms with Crippen LogP contribution in [0.3, 0.4) is 0 Å². The second kappa shape index (κ2) is 7.50. The first-order valence-corrected chi connectivity index (χ1v) is 11.4. The fraction of sp³-hybridized carbons (Fsp3) is 0.450. The molecule has 28 heavy (non-hydrogen) atoms. The van der Waals surface area contributed by atoms with Crippen molar-refractivity contribution in [2.75, 3.05) is 16.4 Å². The van der Waals surface area contributed by atoms with Crippen molar-refractivity contribution in [2.45, 2.75) is 50.2 Å². The number of fused-ring (bicyclic) bond motifs is 1. The molecule has 1 aromatic carbocycles. The maximum atomic E-state index is 13.1. The Morgan fingerprint density at radius 2 is 1.86 bits per heavy atom. The summed E-state index contributed by atoms with van der Waals surface area (Å²) >= 11 is 0. The summed E-state index contributed by atoms with van der Waals surface area (Å²) in [6.45, 7) is 0.365. The summed E-state index contributed by atoms with van der Waals surface area (Å²) in [6, 6.07) is 9.62. The second-order valence-electron chi connectivity index (χ2n) is 7.68. The van der Waals surface area contributed by atoms with Gasteiger partial charge in [-0.2, -0.15) is 0 Å². The van der Waals surface area contributed by atoms with E-state index in [0.29, 0.717) is 17.9 Å². The van der Waals surface area contributed by atoms with Crippen molar-refractivity contribution >= 4 is 27.3 Å². The average Bonchev–Trinajstić information content (AvgIpc) is 2.99. The third kappa shape index (κ3) is 3.73. The van der Waals surface area contributed by atoms with E-state index in [-0.39, 0.29) is 35.0 Å². The Hall–Kier alpha value is -2.48. The highest BCUT2D eigenvalue weighted by Crippen LogP contribution is 2.33. The van der Waals surface area contributed by atoms with Crippen LogP contribution in [-0.4, -0.2) is 25.8 Å². The molecule has 0 saturated heterocycles. The number of anilines is 2. The lowest BCUT2D eigenvalue weighted by Crippen LogP contribution is -2.27. The summed E-state index contributed by atoms with van der Waals surface area (Å²) in [7, 11) is -3.16. The van der Waals surface area contributed by atoms with E-state index in [0.717, 1.165) is 31.2 Å². The molecule has 8 heteroatoms. The highest BCUT2D eigenvalue weighted by molar-refractivity contribution is 7.92. The molecular weight excluding hydrogens is 374 g/mol. The fourth-order valence-corrected chi connectivity index (χ4v) is 5.69. The van der Waals surface area contributed by atoms with Crippen LogP contribution in [-0.2, 0) is 27.5 Å². The Balaban J connectivity index is 1.65. The van der Waals surface area contributed by atoms with Gasteiger partial charge in [0.05, 0.1) is 13.0 Å². The van der Waals surface area contributed by atoms with Crippen LogP contribution in [0.5, 0.6) is 0 Å². The molecule has 2 aliphatic rings. The lowest BCUT2D eigenvalue weighted by molar-refractivity contribution is -0.117. The number of benzene rings is 1. The van der Waals surface area contributed by atoms with E-state index >= 15 is 0 Å². The third-order valence-corrected chi connectivity index (χ3v) is 7.27. The van der Waals surface area contributed by atoms with Crippen LogP contribution in [0.15, 0.2) is 35.5 Å². The first kappa shape index (κ1) is 18.9. The molecule has 1 fully saturated rings. The number of nitrogen functional groups attached to an aromatic ring is 1. The quantitative estimate of drug-likeness (QED) is 0.750. The molecule has 4 rings (SSSR count). The Bertz CT molecular complexity index is 985. The van der Waals surface area contributed by atoms with Gasteiger partial charge in [0.2, 0.25) is 11.1 Å². The van der Waals surface area contributed by atoms with Gasteiger partial charge in [0, 0.05) is 11.3 Å². The zero-order valence-corrected chi connectivity index (χ0v) is 16.6. The van der Waals surface area contributed by atoms with Crippen molar-refractivity contribution in [1.82, 2.24) is 9.97 Å². The Morgan fingerprint density at radius 3 is 2.57 bits per heavy atom. The Morgan fingerprint density at radius 1 is 1.14 bits per heavy atom. The van der Waals surface area contributed by atoms with Gasteiger partial charge in [0.25, 0.3) is 0 Å². The van der Waals surface area contributed by atoms with Crippen molar-refractivity contribution in [2.24, 2.45) is 5.92 Å². The van der Waals surface area contributed by atoms with Crippen molar-refractivity contribution in [3.63, 3.8) is 0 Å². The lowest BCUT2D eigenvalue weighted by atomic mass is 9.91. The largest absolute Gasteiger partial charge is 0.383 e. The minimum absolute atomic E-state index is 0.0397. The lowest BCUT2D eigenvalue weighted by Gasteiger charge is -2.22. The van der Waals surface area contributed by atoms with Crippen LogP contribution in [0.25, 0.3) is 0 Å². The molecule has 1 aromatic heterocycles. The first-order chi connectivity index (χ1) is 13.4. The number of rotatable bonds is 5. The summed E-state index contributed by atoms with van der Waals surface area (Å²) in [5.41, 5.74) is 7.62. The summed E-state index contributed by atoms with van der Waals surface area (Å²) in [5, 5.41) is -0.0397. The number of nitrogens with zero attached hydrogens (tertiary/aromatic N) is 3. The van der Waals surface area contributed by atoms with Crippen LogP contribution in [0, 0.1) is 10.7 Å². The summed E-state index contributed by atoms with van der Waals surface area (Å²) < 4.78 is 21.6. The molecular formula is C20H25N5O2S. The molecule has 1 atom stereocenters. The van der Waals surface area contributed by atoms with Crippen molar-refractivity contribution in [3.8, 4) is 0 Å². The number of hydrogen-bond acceptors (Lipinski definition) is 6. The summed E-state index contributed by atoms with van der Waals surface area (Å²) in [6.07, 6.45) is 5.56. The van der Waals surface area contributed by atoms with Crippen molar-refractivity contribution in [1.29, 1.82) is 4.78 Å². The highest BCUT2D eigenvalue weighted by Gasteiger charge is 2.33. The number of hydrogen-bond donors (Lipinski definition) is 2. The van der Waals surface area contributed by atoms with E-state index in [1.165, 1.54) is 6.42 Å². The van der Waals surface area contributed by atoms with Crippen LogP contribution in [0.1, 0.15) is 43.2 Å². The van der Waals surface area contributed by atoms with E-state index in [2.05, 4.69) is 9.97 Å². The topological polar surface area (TPSA) is 113 Å². The number of nitrogens with one attached hydrogen (secondary N) is 1. The van der Waals surface area contributed by atoms with Crippen LogP contribution >= 0.6 is 0 Å². The van der Waals surface area contributed by atoms with Gasteiger partial charge in [-0.25, -0.2) is 19.0 Å². The highest BCUT2D eigenvalue weighted by atomic mass is 32.2. The monoisotopic (exact) mass is 399 g/mol. The van der Waals surface area contributed by atoms with Gasteiger partial charge in [0.15, 0.2) is 0 Å². The normalized spacial score (nSPS) is 19.4. The van der Waals surface area contributed by atoms with E-state index in [1.807, 2.05) is 30.3 Å². The number of aromatic nitrogens is 2. The smallest absolute Gasteiger partial charge is 0.233 e. The second-order valence-corrected chi connectivity index (χ2v) is 9.73. The molecule has 1 aliphatic carbocycles.